The topological polar surface area (TPSA) is 29.1 Å². The third-order valence-electron chi connectivity index (χ3n) is 4.74. The second kappa shape index (κ2) is 5.04. The highest BCUT2D eigenvalue weighted by atomic mass is 32.1. The van der Waals surface area contributed by atoms with E-state index in [1.807, 2.05) is 17.5 Å². The Hall–Kier alpha value is -0.830. The normalized spacial score (nSPS) is 31.5. The SMILES string of the molecule is CC(NC(=O)Cc1cccs1)C1CC2CCC1C2. The predicted molar refractivity (Wildman–Crippen MR) is 74.6 cm³/mol. The molecule has 2 aliphatic carbocycles. The Morgan fingerprint density at radius 3 is 3.00 bits per heavy atom. The summed E-state index contributed by atoms with van der Waals surface area (Å²) in [5, 5.41) is 5.24. The monoisotopic (exact) mass is 263 g/mol. The molecule has 2 aliphatic rings. The van der Waals surface area contributed by atoms with E-state index in [-0.39, 0.29) is 5.91 Å². The molecule has 98 valence electrons. The second-order valence-corrected chi connectivity index (χ2v) is 6.98. The molecule has 0 saturated heterocycles. The smallest absolute Gasteiger partial charge is 0.225 e. The zero-order valence-corrected chi connectivity index (χ0v) is 11.7. The highest BCUT2D eigenvalue weighted by Crippen LogP contribution is 2.49. The van der Waals surface area contributed by atoms with Crippen LogP contribution in [0.15, 0.2) is 17.5 Å². The maximum absolute atomic E-state index is 12.0. The van der Waals surface area contributed by atoms with Gasteiger partial charge in [0.15, 0.2) is 0 Å². The van der Waals surface area contributed by atoms with Crippen LogP contribution in [0.5, 0.6) is 0 Å². The Morgan fingerprint density at radius 2 is 2.39 bits per heavy atom. The summed E-state index contributed by atoms with van der Waals surface area (Å²) in [7, 11) is 0. The van der Waals surface area contributed by atoms with E-state index in [4.69, 9.17) is 0 Å². The van der Waals surface area contributed by atoms with Crippen molar-refractivity contribution in [3.63, 3.8) is 0 Å². The minimum Gasteiger partial charge on any atom is -0.353 e. The van der Waals surface area contributed by atoms with Gasteiger partial charge in [-0.2, -0.15) is 0 Å². The zero-order chi connectivity index (χ0) is 12.5. The fraction of sp³-hybridized carbons (Fsp3) is 0.667. The Balaban J connectivity index is 1.51. The zero-order valence-electron chi connectivity index (χ0n) is 10.9. The summed E-state index contributed by atoms with van der Waals surface area (Å²) in [4.78, 5) is 13.1. The number of hydrogen-bond acceptors (Lipinski definition) is 2. The highest BCUT2D eigenvalue weighted by molar-refractivity contribution is 7.10. The Labute approximate surface area is 113 Å². The average molecular weight is 263 g/mol. The van der Waals surface area contributed by atoms with Crippen LogP contribution in [0.4, 0.5) is 0 Å². The minimum absolute atomic E-state index is 0.188. The Morgan fingerprint density at radius 1 is 1.50 bits per heavy atom. The lowest BCUT2D eigenvalue weighted by atomic mass is 9.84. The van der Waals surface area contributed by atoms with E-state index in [1.54, 1.807) is 11.3 Å². The standard InChI is InChI=1S/C15H21NOS/c1-10(14-8-11-4-5-12(14)7-11)16-15(17)9-13-3-2-6-18-13/h2-3,6,10-12,14H,4-5,7-9H2,1H3,(H,16,17). The Kier molecular flexibility index (Phi) is 3.42. The first-order chi connectivity index (χ1) is 8.72. The molecule has 4 unspecified atom stereocenters. The largest absolute Gasteiger partial charge is 0.353 e. The first-order valence-corrected chi connectivity index (χ1v) is 7.92. The van der Waals surface area contributed by atoms with Gasteiger partial charge in [0.05, 0.1) is 6.42 Å². The summed E-state index contributed by atoms with van der Waals surface area (Å²) in [5.74, 6) is 2.76. The average Bonchev–Trinajstić information content (AvgIpc) is 3.04. The van der Waals surface area contributed by atoms with Gasteiger partial charge in [0, 0.05) is 10.9 Å². The van der Waals surface area contributed by atoms with E-state index >= 15 is 0 Å². The predicted octanol–water partition coefficient (Wildman–Crippen LogP) is 3.23. The first kappa shape index (κ1) is 12.2. The molecular formula is C15H21NOS. The van der Waals surface area contributed by atoms with Gasteiger partial charge >= 0.3 is 0 Å². The molecule has 3 rings (SSSR count). The molecule has 2 nitrogen and oxygen atoms in total. The second-order valence-electron chi connectivity index (χ2n) is 5.95. The van der Waals surface area contributed by atoms with Gasteiger partial charge in [0.25, 0.3) is 0 Å². The van der Waals surface area contributed by atoms with Gasteiger partial charge in [-0.15, -0.1) is 11.3 Å². The lowest BCUT2D eigenvalue weighted by Gasteiger charge is -2.28. The number of nitrogens with one attached hydrogen (secondary N) is 1. The van der Waals surface area contributed by atoms with Crippen molar-refractivity contribution in [1.82, 2.24) is 5.32 Å². The van der Waals surface area contributed by atoms with Gasteiger partial charge in [-0.05, 0) is 55.4 Å². The molecule has 0 aromatic carbocycles. The maximum atomic E-state index is 12.0. The summed E-state index contributed by atoms with van der Waals surface area (Å²) >= 11 is 1.66. The van der Waals surface area contributed by atoms with Crippen molar-refractivity contribution in [2.24, 2.45) is 17.8 Å². The van der Waals surface area contributed by atoms with Gasteiger partial charge in [0.2, 0.25) is 5.91 Å². The fourth-order valence-corrected chi connectivity index (χ4v) is 4.59. The van der Waals surface area contributed by atoms with E-state index < -0.39 is 0 Å². The highest BCUT2D eigenvalue weighted by Gasteiger charge is 2.42. The van der Waals surface area contributed by atoms with Gasteiger partial charge in [0.1, 0.15) is 0 Å². The number of carbonyl (C=O) groups excluding carboxylic acids is 1. The molecule has 4 atom stereocenters. The molecule has 0 spiro atoms. The lowest BCUT2D eigenvalue weighted by Crippen LogP contribution is -2.40. The summed E-state index contributed by atoms with van der Waals surface area (Å²) in [6, 6.07) is 4.40. The van der Waals surface area contributed by atoms with Crippen LogP contribution in [0.1, 0.15) is 37.5 Å². The van der Waals surface area contributed by atoms with Crippen molar-refractivity contribution in [1.29, 1.82) is 0 Å². The summed E-state index contributed by atoms with van der Waals surface area (Å²) in [6.07, 6.45) is 6.11. The van der Waals surface area contributed by atoms with Crippen LogP contribution in [-0.2, 0) is 11.2 Å². The molecule has 1 N–H and O–H groups in total. The van der Waals surface area contributed by atoms with Crippen molar-refractivity contribution in [2.75, 3.05) is 0 Å². The van der Waals surface area contributed by atoms with Crippen LogP contribution in [-0.4, -0.2) is 11.9 Å². The van der Waals surface area contributed by atoms with Crippen LogP contribution in [0.2, 0.25) is 0 Å². The van der Waals surface area contributed by atoms with Gasteiger partial charge in [-0.25, -0.2) is 0 Å². The quantitative estimate of drug-likeness (QED) is 0.888. The molecular weight excluding hydrogens is 242 g/mol. The number of amides is 1. The lowest BCUT2D eigenvalue weighted by molar-refractivity contribution is -0.121. The van der Waals surface area contributed by atoms with E-state index in [2.05, 4.69) is 12.2 Å². The van der Waals surface area contributed by atoms with E-state index in [0.717, 1.165) is 22.6 Å². The van der Waals surface area contributed by atoms with E-state index in [0.29, 0.717) is 12.5 Å². The minimum atomic E-state index is 0.188. The van der Waals surface area contributed by atoms with Crippen LogP contribution in [0.25, 0.3) is 0 Å². The van der Waals surface area contributed by atoms with Crippen LogP contribution in [0, 0.1) is 17.8 Å². The molecule has 3 heteroatoms. The van der Waals surface area contributed by atoms with Crippen molar-refractivity contribution in [3.05, 3.63) is 22.4 Å². The van der Waals surface area contributed by atoms with E-state index in [1.165, 1.54) is 25.7 Å². The molecule has 2 saturated carbocycles. The molecule has 1 heterocycles. The van der Waals surface area contributed by atoms with Crippen molar-refractivity contribution < 1.29 is 4.79 Å². The van der Waals surface area contributed by atoms with Gasteiger partial charge in [-0.3, -0.25) is 4.79 Å². The molecule has 0 aliphatic heterocycles. The number of carbonyl (C=O) groups is 1. The summed E-state index contributed by atoms with van der Waals surface area (Å²) in [5.41, 5.74) is 0. The fourth-order valence-electron chi connectivity index (χ4n) is 3.89. The number of rotatable bonds is 4. The molecule has 1 aromatic rings. The van der Waals surface area contributed by atoms with Gasteiger partial charge in [-0.1, -0.05) is 12.5 Å². The molecule has 1 amide bonds. The molecule has 18 heavy (non-hydrogen) atoms. The van der Waals surface area contributed by atoms with Crippen LogP contribution < -0.4 is 5.32 Å². The summed E-state index contributed by atoms with van der Waals surface area (Å²) < 4.78 is 0. The number of thiophene rings is 1. The molecule has 0 radical (unpaired) electrons. The number of hydrogen-bond donors (Lipinski definition) is 1. The van der Waals surface area contributed by atoms with Crippen LogP contribution >= 0.6 is 11.3 Å². The first-order valence-electron chi connectivity index (χ1n) is 7.04. The van der Waals surface area contributed by atoms with Crippen molar-refractivity contribution >= 4 is 17.2 Å². The van der Waals surface area contributed by atoms with Crippen molar-refractivity contribution in [2.45, 2.75) is 45.1 Å². The molecule has 1 aromatic heterocycles. The van der Waals surface area contributed by atoms with Gasteiger partial charge < -0.3 is 5.32 Å². The third kappa shape index (κ3) is 2.46. The molecule has 2 bridgehead atoms. The van der Waals surface area contributed by atoms with E-state index in [9.17, 15) is 4.79 Å². The maximum Gasteiger partial charge on any atom is 0.225 e. The van der Waals surface area contributed by atoms with Crippen molar-refractivity contribution in [3.8, 4) is 0 Å². The summed E-state index contributed by atoms with van der Waals surface area (Å²) in [6.45, 7) is 2.19. The third-order valence-corrected chi connectivity index (χ3v) is 5.61. The van der Waals surface area contributed by atoms with Crippen LogP contribution in [0.3, 0.4) is 0 Å². The Bertz CT molecular complexity index is 414. The number of fused-ring (bicyclic) bond motifs is 2. The molecule has 2 fully saturated rings.